The lowest BCUT2D eigenvalue weighted by molar-refractivity contribution is -0.917. The Morgan fingerprint density at radius 3 is 2.36 bits per heavy atom. The Labute approximate surface area is 155 Å². The summed E-state index contributed by atoms with van der Waals surface area (Å²) in [5, 5.41) is 0. The number of rotatable bonds is 6. The van der Waals surface area contributed by atoms with Gasteiger partial charge in [-0.1, -0.05) is 50.3 Å². The van der Waals surface area contributed by atoms with Gasteiger partial charge in [-0.15, -0.1) is 0 Å². The Bertz CT molecular complexity index is 822. The van der Waals surface area contributed by atoms with E-state index in [0.717, 1.165) is 17.8 Å². The van der Waals surface area contributed by atoms with E-state index in [1.54, 1.807) is 0 Å². The van der Waals surface area contributed by atoms with E-state index in [0.29, 0.717) is 22.8 Å². The van der Waals surface area contributed by atoms with Crippen molar-refractivity contribution in [3.63, 3.8) is 0 Å². The second-order valence-corrected chi connectivity index (χ2v) is 7.52. The van der Waals surface area contributed by atoms with Gasteiger partial charge in [0.1, 0.15) is 11.2 Å². The molecular weight excluding hydrogens is 330 g/mol. The molecule has 1 atom stereocenters. The normalized spacial score (nSPS) is 12.4. The number of hydrogen-bond acceptors (Lipinski definition) is 2. The Kier molecular flexibility index (Phi) is 6.14. The van der Waals surface area contributed by atoms with Crippen molar-refractivity contribution in [3.8, 4) is 0 Å². The molecule has 1 unspecified atom stereocenters. The maximum absolute atomic E-state index is 11.7. The minimum Gasteiger partial charge on any atom is -0.365 e. The number of aromatic nitrogens is 1. The molecule has 0 aliphatic heterocycles. The molecule has 1 aromatic heterocycles. The first-order chi connectivity index (χ1) is 11.7. The molecule has 0 bridgehead atoms. The molecule has 5 heteroatoms. The number of nitrogens with zero attached hydrogens (tertiary/aromatic N) is 1. The summed E-state index contributed by atoms with van der Waals surface area (Å²) < 4.78 is 2.53. The molecule has 0 saturated heterocycles. The lowest BCUT2D eigenvalue weighted by atomic mass is 10.0. The molecule has 1 heterocycles. The second kappa shape index (κ2) is 7.93. The molecule has 0 spiro atoms. The fraction of sp³-hybridized carbons (Fsp3) is 0.400. The van der Waals surface area contributed by atoms with Gasteiger partial charge in [0.15, 0.2) is 6.67 Å². The highest BCUT2D eigenvalue weighted by molar-refractivity contribution is 7.71. The van der Waals surface area contributed by atoms with Crippen LogP contribution in [0.1, 0.15) is 52.5 Å². The Hall–Kier alpha value is -1.98. The number of aryl methyl sites for hydroxylation is 2. The third-order valence-electron chi connectivity index (χ3n) is 4.53. The molecule has 1 amide bonds. The van der Waals surface area contributed by atoms with E-state index in [-0.39, 0.29) is 0 Å². The van der Waals surface area contributed by atoms with E-state index in [2.05, 4.69) is 45.2 Å². The molecule has 0 fully saturated rings. The van der Waals surface area contributed by atoms with E-state index in [1.807, 2.05) is 24.5 Å². The molecular formula is C20H28N3OS+. The molecule has 0 saturated carbocycles. The summed E-state index contributed by atoms with van der Waals surface area (Å²) in [6.07, 6.45) is 0. The van der Waals surface area contributed by atoms with Crippen LogP contribution in [-0.2, 0) is 13.2 Å². The first-order valence-corrected chi connectivity index (χ1v) is 9.02. The van der Waals surface area contributed by atoms with Crippen LogP contribution in [0.2, 0.25) is 0 Å². The van der Waals surface area contributed by atoms with Gasteiger partial charge >= 0.3 is 0 Å². The Balaban J connectivity index is 2.20. The van der Waals surface area contributed by atoms with Gasteiger partial charge in [0, 0.05) is 11.3 Å². The van der Waals surface area contributed by atoms with Crippen molar-refractivity contribution >= 4 is 18.1 Å². The summed E-state index contributed by atoms with van der Waals surface area (Å²) in [4.78, 5) is 13.0. The van der Waals surface area contributed by atoms with Crippen LogP contribution >= 0.6 is 12.2 Å². The summed E-state index contributed by atoms with van der Waals surface area (Å²) in [6.45, 7) is 9.87. The van der Waals surface area contributed by atoms with E-state index < -0.39 is 5.91 Å². The highest BCUT2D eigenvalue weighted by Crippen LogP contribution is 2.15. The number of pyridine rings is 1. The van der Waals surface area contributed by atoms with Crippen LogP contribution < -0.4 is 10.6 Å². The third-order valence-corrected chi connectivity index (χ3v) is 4.96. The maximum Gasteiger partial charge on any atom is 0.251 e. The average molecular weight is 359 g/mol. The highest BCUT2D eigenvalue weighted by Gasteiger charge is 2.14. The molecule has 4 nitrogen and oxygen atoms in total. The van der Waals surface area contributed by atoms with Gasteiger partial charge in [0.25, 0.3) is 5.91 Å². The predicted octanol–water partition coefficient (Wildman–Crippen LogP) is 2.73. The quantitative estimate of drug-likeness (QED) is 0.780. The van der Waals surface area contributed by atoms with Crippen LogP contribution in [0.25, 0.3) is 0 Å². The highest BCUT2D eigenvalue weighted by atomic mass is 32.1. The summed E-state index contributed by atoms with van der Waals surface area (Å²) in [7, 11) is 2.13. The zero-order chi connectivity index (χ0) is 18.7. The van der Waals surface area contributed by atoms with Crippen molar-refractivity contribution in [1.29, 1.82) is 0 Å². The van der Waals surface area contributed by atoms with Crippen LogP contribution in [0.5, 0.6) is 0 Å². The van der Waals surface area contributed by atoms with Gasteiger partial charge in [-0.05, 0) is 37.0 Å². The van der Waals surface area contributed by atoms with Gasteiger partial charge in [-0.3, -0.25) is 9.36 Å². The topological polar surface area (TPSA) is 52.5 Å². The first kappa shape index (κ1) is 19.3. The lowest BCUT2D eigenvalue weighted by Gasteiger charge is -2.20. The molecule has 0 aliphatic carbocycles. The van der Waals surface area contributed by atoms with Gasteiger partial charge in [-0.2, -0.15) is 0 Å². The monoisotopic (exact) mass is 358 g/mol. The van der Waals surface area contributed by atoms with Gasteiger partial charge in [0.05, 0.1) is 12.6 Å². The zero-order valence-corrected chi connectivity index (χ0v) is 16.5. The maximum atomic E-state index is 11.7. The number of carbonyl (C=O) groups is 1. The van der Waals surface area contributed by atoms with Crippen molar-refractivity contribution in [2.24, 2.45) is 5.73 Å². The first-order valence-electron chi connectivity index (χ1n) is 8.61. The van der Waals surface area contributed by atoms with Crippen LogP contribution in [0.4, 0.5) is 0 Å². The number of quaternary nitrogens is 1. The average Bonchev–Trinajstić information content (AvgIpc) is 2.51. The molecule has 2 aromatic rings. The molecule has 2 rings (SSSR count). The molecule has 25 heavy (non-hydrogen) atoms. The van der Waals surface area contributed by atoms with E-state index in [1.165, 1.54) is 16.0 Å². The molecule has 0 radical (unpaired) electrons. The van der Waals surface area contributed by atoms with Crippen LogP contribution in [0.15, 0.2) is 30.3 Å². The van der Waals surface area contributed by atoms with E-state index >= 15 is 0 Å². The number of hydrogen-bond donors (Lipinski definition) is 2. The minimum atomic E-state index is -0.460. The number of primary amides is 1. The summed E-state index contributed by atoms with van der Waals surface area (Å²) >= 11 is 5.52. The second-order valence-electron chi connectivity index (χ2n) is 7.13. The third kappa shape index (κ3) is 4.55. The lowest BCUT2D eigenvalue weighted by Crippen LogP contribution is -3.07. The van der Waals surface area contributed by atoms with E-state index in [9.17, 15) is 4.79 Å². The number of benzene rings is 1. The molecule has 134 valence electrons. The van der Waals surface area contributed by atoms with Crippen molar-refractivity contribution in [3.05, 3.63) is 62.9 Å². The van der Waals surface area contributed by atoms with Crippen LogP contribution in [0, 0.1) is 18.5 Å². The van der Waals surface area contributed by atoms with E-state index in [4.69, 9.17) is 18.0 Å². The number of carbonyl (C=O) groups excluding carboxylic acids is 1. The standard InChI is InChI=1S/C20H27N3OS/c1-13(2)17-8-6-16(7-9-17)11-22(5)12-23-15(4)10-14(3)18(19(21)24)20(23)25/h6-10,13H,11-12H2,1-5H3,(H2,21,24)/p+1. The largest absolute Gasteiger partial charge is 0.365 e. The van der Waals surface area contributed by atoms with Gasteiger partial charge in [0.2, 0.25) is 0 Å². The number of nitrogens with two attached hydrogens (primary N) is 1. The van der Waals surface area contributed by atoms with Gasteiger partial charge in [-0.25, -0.2) is 0 Å². The molecule has 0 aliphatic rings. The van der Waals surface area contributed by atoms with Crippen molar-refractivity contribution < 1.29 is 9.69 Å². The SMILES string of the molecule is Cc1cc(C)n(C[NH+](C)Cc2ccc(C(C)C)cc2)c(=S)c1C(N)=O. The van der Waals surface area contributed by atoms with Crippen LogP contribution in [0.3, 0.4) is 0 Å². The molecule has 1 aromatic carbocycles. The minimum absolute atomic E-state index is 0.453. The Morgan fingerprint density at radius 1 is 1.24 bits per heavy atom. The fourth-order valence-corrected chi connectivity index (χ4v) is 3.59. The van der Waals surface area contributed by atoms with Crippen LogP contribution in [-0.4, -0.2) is 17.5 Å². The summed E-state index contributed by atoms with van der Waals surface area (Å²) in [6, 6.07) is 10.7. The summed E-state index contributed by atoms with van der Waals surface area (Å²) in [5.41, 5.74) is 10.5. The summed E-state index contributed by atoms with van der Waals surface area (Å²) in [5.74, 6) is 0.0815. The van der Waals surface area contributed by atoms with Crippen molar-refractivity contribution in [2.75, 3.05) is 7.05 Å². The predicted molar refractivity (Wildman–Crippen MR) is 104 cm³/mol. The number of amides is 1. The smallest absolute Gasteiger partial charge is 0.251 e. The van der Waals surface area contributed by atoms with Crippen molar-refractivity contribution in [2.45, 2.75) is 46.8 Å². The Morgan fingerprint density at radius 2 is 1.84 bits per heavy atom. The van der Waals surface area contributed by atoms with Gasteiger partial charge < -0.3 is 10.6 Å². The fourth-order valence-electron chi connectivity index (χ4n) is 3.12. The zero-order valence-electron chi connectivity index (χ0n) is 15.7. The molecule has 3 N–H and O–H groups in total. The van der Waals surface area contributed by atoms with Crippen molar-refractivity contribution in [1.82, 2.24) is 4.57 Å². The number of nitrogens with one attached hydrogen (secondary N) is 1.